The van der Waals surface area contributed by atoms with E-state index in [4.69, 9.17) is 5.73 Å². The molecule has 3 heterocycles. The van der Waals surface area contributed by atoms with Gasteiger partial charge in [-0.25, -0.2) is 13.4 Å². The number of thiophene rings is 1. The summed E-state index contributed by atoms with van der Waals surface area (Å²) in [7, 11) is -3.29. The molecule has 11 heteroatoms. The molecule has 126 valence electrons. The average Bonchev–Trinajstić information content (AvgIpc) is 3.14. The third-order valence-corrected chi connectivity index (χ3v) is 5.97. The highest BCUT2D eigenvalue weighted by Crippen LogP contribution is 2.20. The van der Waals surface area contributed by atoms with Crippen molar-refractivity contribution in [2.75, 3.05) is 5.73 Å². The Labute approximate surface area is 145 Å². The molecule has 2 aromatic rings. The number of anilines is 1. The van der Waals surface area contributed by atoms with Crippen LogP contribution in [0.4, 0.5) is 13.9 Å². The quantitative estimate of drug-likeness (QED) is 0.859. The smallest absolute Gasteiger partial charge is 0.198 e. The van der Waals surface area contributed by atoms with E-state index in [0.29, 0.717) is 4.88 Å². The Kier molecular flexibility index (Phi) is 7.26. The minimum Gasteiger partial charge on any atom is -0.375 e. The van der Waals surface area contributed by atoms with E-state index in [0.717, 1.165) is 28.9 Å². The van der Waals surface area contributed by atoms with Gasteiger partial charge in [0.25, 0.3) is 0 Å². The number of nitrogens with two attached hydrogens (primary N) is 1. The van der Waals surface area contributed by atoms with E-state index in [1.807, 2.05) is 0 Å². The number of aliphatic imine (C=N–C) groups is 1. The fourth-order valence-corrected chi connectivity index (χ4v) is 4.43. The largest absolute Gasteiger partial charge is 0.375 e. The summed E-state index contributed by atoms with van der Waals surface area (Å²) >= 11 is 1.70. The first-order valence-corrected chi connectivity index (χ1v) is 9.24. The Bertz CT molecular complexity index is 774. The van der Waals surface area contributed by atoms with Gasteiger partial charge >= 0.3 is 0 Å². The molecule has 0 fully saturated rings. The molecular weight excluding hydrogens is 388 g/mol. The van der Waals surface area contributed by atoms with Crippen molar-refractivity contribution in [3.05, 3.63) is 45.7 Å². The first-order valence-electron chi connectivity index (χ1n) is 5.89. The third kappa shape index (κ3) is 5.98. The fourth-order valence-electron chi connectivity index (χ4n) is 1.52. The van der Waals surface area contributed by atoms with Gasteiger partial charge in [0, 0.05) is 17.3 Å². The van der Waals surface area contributed by atoms with Crippen LogP contribution >= 0.6 is 35.1 Å². The number of halogens is 3. The zero-order chi connectivity index (χ0) is 16.2. The highest BCUT2D eigenvalue weighted by Gasteiger charge is 2.24. The van der Waals surface area contributed by atoms with Crippen molar-refractivity contribution in [1.29, 1.82) is 0 Å². The molecule has 2 N–H and O–H groups in total. The highest BCUT2D eigenvalue weighted by molar-refractivity contribution is 7.92. The van der Waals surface area contributed by atoms with Crippen molar-refractivity contribution >= 4 is 56.3 Å². The van der Waals surface area contributed by atoms with Crippen LogP contribution in [0.25, 0.3) is 0 Å². The van der Waals surface area contributed by atoms with E-state index in [1.165, 1.54) is 30.6 Å². The second kappa shape index (κ2) is 8.48. The topological polar surface area (TPSA) is 85.4 Å². The normalized spacial score (nSPS) is 15.8. The second-order valence-electron chi connectivity index (χ2n) is 4.12. The molecule has 0 spiro atoms. The molecule has 1 aliphatic rings. The molecule has 1 aliphatic heterocycles. The lowest BCUT2D eigenvalue weighted by atomic mass is 10.5. The van der Waals surface area contributed by atoms with Crippen LogP contribution in [-0.4, -0.2) is 24.9 Å². The number of hydrogen-bond acceptors (Lipinski definition) is 7. The van der Waals surface area contributed by atoms with Gasteiger partial charge in [0.1, 0.15) is 5.25 Å². The molecule has 1 atom stereocenters. The third-order valence-electron chi connectivity index (χ3n) is 2.48. The summed E-state index contributed by atoms with van der Waals surface area (Å²) in [4.78, 5) is 7.67. The molecule has 0 amide bonds. The van der Waals surface area contributed by atoms with Crippen LogP contribution in [0.5, 0.6) is 0 Å². The molecular formula is C12H12ClF2N3O2S3. The Balaban J connectivity index is 0.000000280. The number of nitrogens with zero attached hydrogens (tertiary/aromatic N) is 2. The van der Waals surface area contributed by atoms with E-state index in [-0.39, 0.29) is 33.6 Å². The highest BCUT2D eigenvalue weighted by atomic mass is 35.5. The van der Waals surface area contributed by atoms with E-state index >= 15 is 0 Å². The van der Waals surface area contributed by atoms with E-state index in [9.17, 15) is 17.2 Å². The molecule has 1 unspecified atom stereocenters. The predicted molar refractivity (Wildman–Crippen MR) is 92.1 cm³/mol. The maximum absolute atomic E-state index is 12.7. The summed E-state index contributed by atoms with van der Waals surface area (Å²) in [6, 6.07) is 2.77. The van der Waals surface area contributed by atoms with Gasteiger partial charge in [-0.1, -0.05) is 11.3 Å². The number of rotatable bonds is 3. The molecule has 2 aromatic heterocycles. The molecule has 0 bridgehead atoms. The van der Waals surface area contributed by atoms with Crippen LogP contribution in [-0.2, 0) is 15.6 Å². The lowest BCUT2D eigenvalue weighted by molar-refractivity contribution is 0.595. The minimum atomic E-state index is -3.29. The maximum atomic E-state index is 12.7. The zero-order valence-corrected chi connectivity index (χ0v) is 14.7. The van der Waals surface area contributed by atoms with Crippen molar-refractivity contribution in [3.63, 3.8) is 0 Å². The number of sulfone groups is 1. The van der Waals surface area contributed by atoms with Crippen molar-refractivity contribution < 1.29 is 17.2 Å². The van der Waals surface area contributed by atoms with Crippen LogP contribution < -0.4 is 5.73 Å². The van der Waals surface area contributed by atoms with Gasteiger partial charge in [-0.3, -0.25) is 4.99 Å². The number of hydrogen-bond donors (Lipinski definition) is 1. The number of nitrogen functional groups attached to an aromatic ring is 1. The first-order chi connectivity index (χ1) is 10.4. The monoisotopic (exact) mass is 399 g/mol. The van der Waals surface area contributed by atoms with Crippen LogP contribution in [0, 0.1) is 10.3 Å². The fraction of sp³-hybridized carbons (Fsp3) is 0.167. The van der Waals surface area contributed by atoms with Crippen molar-refractivity contribution in [3.8, 4) is 0 Å². The number of aromatic nitrogens is 1. The molecule has 0 radical (unpaired) electrons. The molecule has 0 aromatic carbocycles. The minimum absolute atomic E-state index is 0. The zero-order valence-electron chi connectivity index (χ0n) is 11.4. The lowest BCUT2D eigenvalue weighted by Gasteiger charge is -2.04. The van der Waals surface area contributed by atoms with Gasteiger partial charge in [-0.05, 0) is 18.2 Å². The number of thiazole rings is 1. The van der Waals surface area contributed by atoms with Gasteiger partial charge in [-0.2, -0.15) is 8.78 Å². The van der Waals surface area contributed by atoms with Crippen LogP contribution in [0.2, 0.25) is 0 Å². The van der Waals surface area contributed by atoms with Crippen LogP contribution in [0.15, 0.2) is 35.6 Å². The Morgan fingerprint density at radius 1 is 1.22 bits per heavy atom. The lowest BCUT2D eigenvalue weighted by Crippen LogP contribution is -2.20. The molecule has 0 saturated heterocycles. The van der Waals surface area contributed by atoms with Crippen LogP contribution in [0.3, 0.4) is 0 Å². The van der Waals surface area contributed by atoms with Crippen molar-refractivity contribution in [1.82, 2.24) is 4.98 Å². The first kappa shape index (κ1) is 19.7. The van der Waals surface area contributed by atoms with Gasteiger partial charge < -0.3 is 5.73 Å². The summed E-state index contributed by atoms with van der Waals surface area (Å²) in [6.07, 6.45) is 5.44. The molecule has 3 rings (SSSR count). The van der Waals surface area contributed by atoms with E-state index < -0.39 is 15.1 Å². The average molecular weight is 400 g/mol. The molecule has 0 saturated carbocycles. The van der Waals surface area contributed by atoms with E-state index in [1.54, 1.807) is 0 Å². The van der Waals surface area contributed by atoms with Crippen LogP contribution in [0.1, 0.15) is 4.88 Å². The molecule has 0 aliphatic carbocycles. The van der Waals surface area contributed by atoms with Gasteiger partial charge in [-0.15, -0.1) is 23.7 Å². The second-order valence-corrected chi connectivity index (χ2v) is 8.41. The summed E-state index contributed by atoms with van der Waals surface area (Å²) in [6.45, 7) is 0. The summed E-state index contributed by atoms with van der Waals surface area (Å²) in [5.74, 6) is -0.136. The maximum Gasteiger partial charge on any atom is 0.198 e. The Morgan fingerprint density at radius 2 is 1.96 bits per heavy atom. The predicted octanol–water partition coefficient (Wildman–Crippen LogP) is 3.05. The van der Waals surface area contributed by atoms with Gasteiger partial charge in [0.05, 0.1) is 11.9 Å². The van der Waals surface area contributed by atoms with Gasteiger partial charge in [0.15, 0.2) is 25.2 Å². The molecule has 23 heavy (non-hydrogen) atoms. The van der Waals surface area contributed by atoms with Crippen molar-refractivity contribution in [2.24, 2.45) is 4.99 Å². The summed E-state index contributed by atoms with van der Waals surface area (Å²) in [5.41, 5.74) is 5.05. The van der Waals surface area contributed by atoms with E-state index in [2.05, 4.69) is 9.98 Å². The standard InChI is InChI=1S/C9H8FNO2S2.C3H3FN2S.ClH/c10-9-2-1-7(14-9)6-15(12,13)8-3-4-11-5-8;4-2-1-6-3(5)7-2;/h1-5,8H,6H2;1H,(H2,5,6);1H. The Morgan fingerprint density at radius 3 is 2.35 bits per heavy atom. The Hall–Kier alpha value is -1.36. The van der Waals surface area contributed by atoms with Crippen molar-refractivity contribution in [2.45, 2.75) is 11.0 Å². The summed E-state index contributed by atoms with van der Waals surface area (Å²) in [5, 5.41) is -1.09. The van der Waals surface area contributed by atoms with Gasteiger partial charge in [0.2, 0.25) is 0 Å². The summed E-state index contributed by atoms with van der Waals surface area (Å²) < 4.78 is 48.0. The SMILES string of the molecule is Cl.Nc1ncc(F)s1.O=S(=O)(Cc1ccc(F)s1)C1C=CN=C1. The molecule has 5 nitrogen and oxygen atoms in total.